The Morgan fingerprint density at radius 2 is 2.22 bits per heavy atom. The minimum Gasteiger partial charge on any atom is -0.350 e. The lowest BCUT2D eigenvalue weighted by Gasteiger charge is -2.06. The van der Waals surface area contributed by atoms with Gasteiger partial charge in [-0.2, -0.15) is 0 Å². The Hall–Kier alpha value is -1.39. The molecular formula is C14H18N2O2. The maximum atomic E-state index is 5.42. The highest BCUT2D eigenvalue weighted by atomic mass is 16.7. The van der Waals surface area contributed by atoms with Crippen molar-refractivity contribution in [3.8, 4) is 0 Å². The molecule has 3 heterocycles. The SMILES string of the molecule is Cc1ccn2cc(CCCC3OCCO3)nc2c1. The van der Waals surface area contributed by atoms with Crippen LogP contribution in [0.1, 0.15) is 24.1 Å². The third-order valence-corrected chi connectivity index (χ3v) is 3.23. The maximum absolute atomic E-state index is 5.42. The first-order valence-electron chi connectivity index (χ1n) is 6.49. The zero-order valence-electron chi connectivity index (χ0n) is 10.6. The topological polar surface area (TPSA) is 35.8 Å². The van der Waals surface area contributed by atoms with Crippen LogP contribution in [0.2, 0.25) is 0 Å². The van der Waals surface area contributed by atoms with Gasteiger partial charge in [0.15, 0.2) is 6.29 Å². The molecule has 1 fully saturated rings. The molecule has 0 bridgehead atoms. The number of hydrogen-bond acceptors (Lipinski definition) is 3. The molecule has 0 saturated carbocycles. The van der Waals surface area contributed by atoms with Crippen LogP contribution < -0.4 is 0 Å². The molecule has 4 nitrogen and oxygen atoms in total. The molecule has 0 N–H and O–H groups in total. The smallest absolute Gasteiger partial charge is 0.157 e. The van der Waals surface area contributed by atoms with E-state index in [0.29, 0.717) is 0 Å². The largest absolute Gasteiger partial charge is 0.350 e. The molecule has 1 aliphatic rings. The third-order valence-electron chi connectivity index (χ3n) is 3.23. The number of ether oxygens (including phenoxy) is 2. The van der Waals surface area contributed by atoms with Crippen molar-refractivity contribution in [2.24, 2.45) is 0 Å². The minimum atomic E-state index is 0.00396. The molecule has 2 aromatic heterocycles. The van der Waals surface area contributed by atoms with Gasteiger partial charge in [-0.1, -0.05) is 0 Å². The number of nitrogens with zero attached hydrogens (tertiary/aromatic N) is 2. The molecule has 4 heteroatoms. The van der Waals surface area contributed by atoms with Crippen LogP contribution in [-0.2, 0) is 15.9 Å². The summed E-state index contributed by atoms with van der Waals surface area (Å²) in [5.74, 6) is 0. The Morgan fingerprint density at radius 1 is 1.39 bits per heavy atom. The fourth-order valence-corrected chi connectivity index (χ4v) is 2.28. The van der Waals surface area contributed by atoms with Crippen LogP contribution in [0.4, 0.5) is 0 Å². The van der Waals surface area contributed by atoms with Crippen LogP contribution in [0.3, 0.4) is 0 Å². The van der Waals surface area contributed by atoms with Gasteiger partial charge in [-0.05, 0) is 43.9 Å². The zero-order chi connectivity index (χ0) is 12.4. The Labute approximate surface area is 107 Å². The second-order valence-corrected chi connectivity index (χ2v) is 4.77. The van der Waals surface area contributed by atoms with Gasteiger partial charge in [0.2, 0.25) is 0 Å². The van der Waals surface area contributed by atoms with E-state index in [-0.39, 0.29) is 6.29 Å². The second-order valence-electron chi connectivity index (χ2n) is 4.77. The van der Waals surface area contributed by atoms with Gasteiger partial charge in [-0.3, -0.25) is 0 Å². The summed E-state index contributed by atoms with van der Waals surface area (Å²) in [5, 5.41) is 0. The summed E-state index contributed by atoms with van der Waals surface area (Å²) >= 11 is 0. The maximum Gasteiger partial charge on any atom is 0.157 e. The summed E-state index contributed by atoms with van der Waals surface area (Å²) in [4.78, 5) is 4.62. The number of aromatic nitrogens is 2. The number of imidazole rings is 1. The Balaban J connectivity index is 1.60. The molecule has 1 saturated heterocycles. The van der Waals surface area contributed by atoms with Gasteiger partial charge in [0, 0.05) is 12.4 Å². The second kappa shape index (κ2) is 5.08. The Kier molecular flexibility index (Phi) is 3.30. The predicted octanol–water partition coefficient (Wildman–Crippen LogP) is 2.34. The molecule has 2 aromatic rings. The molecule has 1 aliphatic heterocycles. The highest BCUT2D eigenvalue weighted by molar-refractivity contribution is 5.42. The van der Waals surface area contributed by atoms with E-state index in [1.54, 1.807) is 0 Å². The Bertz CT molecular complexity index is 530. The number of hydrogen-bond donors (Lipinski definition) is 0. The summed E-state index contributed by atoms with van der Waals surface area (Å²) in [7, 11) is 0. The normalized spacial score (nSPS) is 16.7. The van der Waals surface area contributed by atoms with Gasteiger partial charge in [-0.25, -0.2) is 4.98 Å². The monoisotopic (exact) mass is 246 g/mol. The lowest BCUT2D eigenvalue weighted by atomic mass is 10.2. The molecule has 0 atom stereocenters. The van der Waals surface area contributed by atoms with E-state index in [9.17, 15) is 0 Å². The average Bonchev–Trinajstić information content (AvgIpc) is 2.97. The lowest BCUT2D eigenvalue weighted by Crippen LogP contribution is -2.07. The standard InChI is InChI=1S/C14H18N2O2/c1-11-5-6-16-10-12(15-13(16)9-11)3-2-4-14-17-7-8-18-14/h5-6,9-10,14H,2-4,7-8H2,1H3. The summed E-state index contributed by atoms with van der Waals surface area (Å²) in [6, 6.07) is 4.20. The average molecular weight is 246 g/mol. The molecule has 0 amide bonds. The molecule has 3 rings (SSSR count). The first-order valence-corrected chi connectivity index (χ1v) is 6.49. The molecule has 0 unspecified atom stereocenters. The van der Waals surface area contributed by atoms with Crippen molar-refractivity contribution < 1.29 is 9.47 Å². The summed E-state index contributed by atoms with van der Waals surface area (Å²) in [5.41, 5.74) is 3.41. The van der Waals surface area contributed by atoms with E-state index >= 15 is 0 Å². The highest BCUT2D eigenvalue weighted by Gasteiger charge is 2.15. The quantitative estimate of drug-likeness (QED) is 0.830. The van der Waals surface area contributed by atoms with Crippen LogP contribution in [0.25, 0.3) is 5.65 Å². The van der Waals surface area contributed by atoms with Crippen molar-refractivity contribution in [3.05, 3.63) is 35.8 Å². The molecule has 0 spiro atoms. The first-order chi connectivity index (χ1) is 8.81. The van der Waals surface area contributed by atoms with Crippen molar-refractivity contribution in [3.63, 3.8) is 0 Å². The van der Waals surface area contributed by atoms with Crippen LogP contribution in [-0.4, -0.2) is 28.9 Å². The van der Waals surface area contributed by atoms with Crippen molar-refractivity contribution in [2.45, 2.75) is 32.5 Å². The number of aryl methyl sites for hydroxylation is 2. The fourth-order valence-electron chi connectivity index (χ4n) is 2.28. The third kappa shape index (κ3) is 2.54. The van der Waals surface area contributed by atoms with E-state index in [0.717, 1.165) is 43.8 Å². The molecular weight excluding hydrogens is 228 g/mol. The van der Waals surface area contributed by atoms with E-state index < -0.39 is 0 Å². The minimum absolute atomic E-state index is 0.00396. The number of pyridine rings is 1. The Morgan fingerprint density at radius 3 is 3.06 bits per heavy atom. The summed E-state index contributed by atoms with van der Waals surface area (Å²) < 4.78 is 12.9. The number of fused-ring (bicyclic) bond motifs is 1. The van der Waals surface area contributed by atoms with Crippen LogP contribution in [0, 0.1) is 6.92 Å². The van der Waals surface area contributed by atoms with Gasteiger partial charge < -0.3 is 13.9 Å². The van der Waals surface area contributed by atoms with Crippen LogP contribution in [0.15, 0.2) is 24.5 Å². The van der Waals surface area contributed by atoms with Crippen molar-refractivity contribution in [1.82, 2.24) is 9.38 Å². The van der Waals surface area contributed by atoms with Crippen LogP contribution in [0.5, 0.6) is 0 Å². The summed E-state index contributed by atoms with van der Waals surface area (Å²) in [6.45, 7) is 3.56. The zero-order valence-corrected chi connectivity index (χ0v) is 10.6. The van der Waals surface area contributed by atoms with Crippen LogP contribution >= 0.6 is 0 Å². The number of rotatable bonds is 4. The van der Waals surface area contributed by atoms with Gasteiger partial charge in [-0.15, -0.1) is 0 Å². The van der Waals surface area contributed by atoms with Crippen molar-refractivity contribution in [2.75, 3.05) is 13.2 Å². The van der Waals surface area contributed by atoms with Crippen molar-refractivity contribution >= 4 is 5.65 Å². The van der Waals surface area contributed by atoms with Gasteiger partial charge in [0.05, 0.1) is 18.9 Å². The molecule has 0 aromatic carbocycles. The molecule has 18 heavy (non-hydrogen) atoms. The van der Waals surface area contributed by atoms with E-state index in [1.165, 1.54) is 5.56 Å². The van der Waals surface area contributed by atoms with Crippen molar-refractivity contribution in [1.29, 1.82) is 0 Å². The van der Waals surface area contributed by atoms with Gasteiger partial charge in [0.25, 0.3) is 0 Å². The highest BCUT2D eigenvalue weighted by Crippen LogP contribution is 2.14. The fraction of sp³-hybridized carbons (Fsp3) is 0.500. The van der Waals surface area contributed by atoms with Gasteiger partial charge in [0.1, 0.15) is 5.65 Å². The predicted molar refractivity (Wildman–Crippen MR) is 68.6 cm³/mol. The van der Waals surface area contributed by atoms with E-state index in [1.807, 2.05) is 0 Å². The molecule has 96 valence electrons. The molecule has 0 aliphatic carbocycles. The van der Waals surface area contributed by atoms with E-state index in [4.69, 9.17) is 9.47 Å². The molecule has 0 radical (unpaired) electrons. The summed E-state index contributed by atoms with van der Waals surface area (Å²) in [6.07, 6.45) is 7.14. The van der Waals surface area contributed by atoms with E-state index in [2.05, 4.69) is 40.8 Å². The lowest BCUT2D eigenvalue weighted by molar-refractivity contribution is -0.0476. The first kappa shape index (κ1) is 11.7. The van der Waals surface area contributed by atoms with Gasteiger partial charge >= 0.3 is 0 Å².